The van der Waals surface area contributed by atoms with Crippen LogP contribution in [0.25, 0.3) is 0 Å². The Labute approximate surface area is 145 Å². The number of rotatable bonds is 3. The first-order valence-electron chi connectivity index (χ1n) is 8.53. The number of anilines is 1. The van der Waals surface area contributed by atoms with E-state index in [2.05, 4.69) is 10.6 Å². The van der Waals surface area contributed by atoms with E-state index in [1.807, 2.05) is 6.92 Å². The lowest BCUT2D eigenvalue weighted by Gasteiger charge is -2.36. The van der Waals surface area contributed by atoms with Crippen LogP contribution >= 0.6 is 0 Å². The van der Waals surface area contributed by atoms with Gasteiger partial charge in [0.05, 0.1) is 0 Å². The fourth-order valence-electron chi connectivity index (χ4n) is 3.70. The summed E-state index contributed by atoms with van der Waals surface area (Å²) < 4.78 is 13.3. The van der Waals surface area contributed by atoms with Crippen LogP contribution < -0.4 is 10.6 Å². The van der Waals surface area contributed by atoms with Crippen molar-refractivity contribution in [3.8, 4) is 0 Å². The highest BCUT2D eigenvalue weighted by Gasteiger charge is 2.55. The van der Waals surface area contributed by atoms with Gasteiger partial charge in [0, 0.05) is 5.69 Å². The van der Waals surface area contributed by atoms with E-state index in [1.165, 1.54) is 12.1 Å². The molecule has 1 aliphatic carbocycles. The van der Waals surface area contributed by atoms with E-state index < -0.39 is 23.3 Å². The van der Waals surface area contributed by atoms with Crippen molar-refractivity contribution in [2.45, 2.75) is 45.1 Å². The second kappa shape index (κ2) is 6.46. The minimum atomic E-state index is -0.885. The Bertz CT molecular complexity index is 736. The number of imide groups is 1. The highest BCUT2D eigenvalue weighted by molar-refractivity contribution is 6.10. The maximum absolute atomic E-state index is 13.3. The van der Waals surface area contributed by atoms with E-state index in [9.17, 15) is 18.8 Å². The first-order chi connectivity index (χ1) is 11.8. The van der Waals surface area contributed by atoms with Crippen LogP contribution in [0.1, 0.15) is 38.2 Å². The van der Waals surface area contributed by atoms with E-state index in [0.717, 1.165) is 24.2 Å². The number of urea groups is 1. The van der Waals surface area contributed by atoms with Crippen molar-refractivity contribution in [1.29, 1.82) is 0 Å². The van der Waals surface area contributed by atoms with Crippen molar-refractivity contribution >= 4 is 23.5 Å². The fraction of sp³-hybridized carbons (Fsp3) is 0.500. The molecule has 2 fully saturated rings. The van der Waals surface area contributed by atoms with Crippen molar-refractivity contribution in [1.82, 2.24) is 10.2 Å². The standard InChI is InChI=1S/C18H22FN3O3/c1-11-6-7-13(19)9-14(11)20-15(23)10-22-16(24)18(21-17(22)25)8-4-3-5-12(18)2/h6-7,9,12H,3-5,8,10H2,1-2H3,(H,20,23)(H,21,25). The van der Waals surface area contributed by atoms with E-state index in [1.54, 1.807) is 13.0 Å². The number of hydrogen-bond acceptors (Lipinski definition) is 3. The molecule has 6 nitrogen and oxygen atoms in total. The number of nitrogens with zero attached hydrogens (tertiary/aromatic N) is 1. The molecule has 0 bridgehead atoms. The Balaban J connectivity index is 1.72. The molecule has 7 heteroatoms. The minimum Gasteiger partial charge on any atom is -0.324 e. The van der Waals surface area contributed by atoms with Gasteiger partial charge < -0.3 is 10.6 Å². The third kappa shape index (κ3) is 3.10. The molecule has 1 aromatic rings. The molecule has 134 valence electrons. The van der Waals surface area contributed by atoms with Crippen LogP contribution in [0.3, 0.4) is 0 Å². The molecule has 1 aliphatic heterocycles. The normalized spacial score (nSPS) is 26.0. The Morgan fingerprint density at radius 1 is 1.40 bits per heavy atom. The average Bonchev–Trinajstić information content (AvgIpc) is 2.79. The number of carbonyl (C=O) groups is 3. The lowest BCUT2D eigenvalue weighted by molar-refractivity contribution is -0.136. The van der Waals surface area contributed by atoms with Gasteiger partial charge in [-0.05, 0) is 43.4 Å². The first-order valence-corrected chi connectivity index (χ1v) is 8.53. The number of amides is 4. The Kier molecular flexibility index (Phi) is 4.49. The van der Waals surface area contributed by atoms with Gasteiger partial charge in [-0.3, -0.25) is 14.5 Å². The summed E-state index contributed by atoms with van der Waals surface area (Å²) in [6, 6.07) is 3.53. The van der Waals surface area contributed by atoms with Gasteiger partial charge in [0.1, 0.15) is 17.9 Å². The van der Waals surface area contributed by atoms with Crippen molar-refractivity contribution in [2.75, 3.05) is 11.9 Å². The van der Waals surface area contributed by atoms with Crippen molar-refractivity contribution < 1.29 is 18.8 Å². The molecule has 25 heavy (non-hydrogen) atoms. The third-order valence-electron chi connectivity index (χ3n) is 5.28. The zero-order chi connectivity index (χ0) is 18.2. The summed E-state index contributed by atoms with van der Waals surface area (Å²) >= 11 is 0. The lowest BCUT2D eigenvalue weighted by atomic mass is 9.73. The van der Waals surface area contributed by atoms with Gasteiger partial charge in [-0.25, -0.2) is 9.18 Å². The van der Waals surface area contributed by atoms with Gasteiger partial charge in [-0.1, -0.05) is 25.8 Å². The van der Waals surface area contributed by atoms with Gasteiger partial charge in [-0.2, -0.15) is 0 Å². The Hall–Kier alpha value is -2.44. The van der Waals surface area contributed by atoms with E-state index in [-0.39, 0.29) is 18.4 Å². The van der Waals surface area contributed by atoms with Gasteiger partial charge in [-0.15, -0.1) is 0 Å². The second-order valence-corrected chi connectivity index (χ2v) is 6.95. The number of nitrogens with one attached hydrogen (secondary N) is 2. The number of carbonyl (C=O) groups excluding carboxylic acids is 3. The summed E-state index contributed by atoms with van der Waals surface area (Å²) in [6.45, 7) is 3.31. The molecule has 2 N–H and O–H groups in total. The molecular weight excluding hydrogens is 325 g/mol. The van der Waals surface area contributed by atoms with Crippen LogP contribution in [0.2, 0.25) is 0 Å². The molecular formula is C18H22FN3O3. The molecule has 1 spiro atoms. The summed E-state index contributed by atoms with van der Waals surface area (Å²) in [6.07, 6.45) is 3.37. The molecule has 0 radical (unpaired) electrons. The van der Waals surface area contributed by atoms with Crippen LogP contribution in [-0.4, -0.2) is 34.8 Å². The fourth-order valence-corrected chi connectivity index (χ4v) is 3.70. The molecule has 1 heterocycles. The van der Waals surface area contributed by atoms with Gasteiger partial charge >= 0.3 is 6.03 Å². The highest BCUT2D eigenvalue weighted by Crippen LogP contribution is 2.38. The van der Waals surface area contributed by atoms with E-state index in [4.69, 9.17) is 0 Å². The molecule has 4 amide bonds. The quantitative estimate of drug-likeness (QED) is 0.825. The molecule has 1 saturated carbocycles. The molecule has 1 aromatic carbocycles. The molecule has 2 aliphatic rings. The topological polar surface area (TPSA) is 78.5 Å². The number of benzene rings is 1. The largest absolute Gasteiger partial charge is 0.325 e. The SMILES string of the molecule is Cc1ccc(F)cc1NC(=O)CN1C(=O)NC2(CCCCC2C)C1=O. The zero-order valence-electron chi connectivity index (χ0n) is 14.4. The maximum Gasteiger partial charge on any atom is 0.325 e. The van der Waals surface area contributed by atoms with Gasteiger partial charge in [0.2, 0.25) is 5.91 Å². The van der Waals surface area contributed by atoms with Crippen LogP contribution in [0, 0.1) is 18.7 Å². The van der Waals surface area contributed by atoms with Gasteiger partial charge in [0.25, 0.3) is 5.91 Å². The maximum atomic E-state index is 13.3. The van der Waals surface area contributed by atoms with Crippen molar-refractivity contribution in [3.63, 3.8) is 0 Å². The first kappa shape index (κ1) is 17.4. The zero-order valence-corrected chi connectivity index (χ0v) is 14.4. The molecule has 1 saturated heterocycles. The number of hydrogen-bond donors (Lipinski definition) is 2. The van der Waals surface area contributed by atoms with Crippen LogP contribution in [0.4, 0.5) is 14.9 Å². The van der Waals surface area contributed by atoms with E-state index in [0.29, 0.717) is 17.7 Å². The highest BCUT2D eigenvalue weighted by atomic mass is 19.1. The predicted molar refractivity (Wildman–Crippen MR) is 90.4 cm³/mol. The monoisotopic (exact) mass is 347 g/mol. The summed E-state index contributed by atoms with van der Waals surface area (Å²) in [5.41, 5.74) is 0.145. The number of halogens is 1. The Morgan fingerprint density at radius 3 is 2.88 bits per heavy atom. The predicted octanol–water partition coefficient (Wildman–Crippen LogP) is 2.57. The minimum absolute atomic E-state index is 0.0382. The Morgan fingerprint density at radius 2 is 2.16 bits per heavy atom. The molecule has 2 atom stereocenters. The van der Waals surface area contributed by atoms with Crippen molar-refractivity contribution in [2.24, 2.45) is 5.92 Å². The summed E-state index contributed by atoms with van der Waals surface area (Å²) in [7, 11) is 0. The third-order valence-corrected chi connectivity index (χ3v) is 5.28. The van der Waals surface area contributed by atoms with E-state index >= 15 is 0 Å². The van der Waals surface area contributed by atoms with Crippen molar-refractivity contribution in [3.05, 3.63) is 29.6 Å². The summed E-state index contributed by atoms with van der Waals surface area (Å²) in [4.78, 5) is 38.3. The molecule has 3 rings (SSSR count). The summed E-state index contributed by atoms with van der Waals surface area (Å²) in [5, 5.41) is 5.37. The van der Waals surface area contributed by atoms with Crippen LogP contribution in [-0.2, 0) is 9.59 Å². The van der Waals surface area contributed by atoms with Gasteiger partial charge in [0.15, 0.2) is 0 Å². The number of aryl methyl sites for hydroxylation is 1. The summed E-state index contributed by atoms with van der Waals surface area (Å²) in [5.74, 6) is -1.30. The second-order valence-electron chi connectivity index (χ2n) is 6.95. The van der Waals surface area contributed by atoms with Crippen LogP contribution in [0.15, 0.2) is 18.2 Å². The average molecular weight is 347 g/mol. The smallest absolute Gasteiger partial charge is 0.324 e. The van der Waals surface area contributed by atoms with Crippen LogP contribution in [0.5, 0.6) is 0 Å². The molecule has 0 aromatic heterocycles. The molecule has 2 unspecified atom stereocenters. The lowest BCUT2D eigenvalue weighted by Crippen LogP contribution is -2.54.